The van der Waals surface area contributed by atoms with Gasteiger partial charge in [-0.2, -0.15) is 5.10 Å². The molecule has 0 unspecified atom stereocenters. The molecule has 0 saturated heterocycles. The molecule has 0 fully saturated rings. The Bertz CT molecular complexity index is 687. The molecular weight excluding hydrogens is 246 g/mol. The van der Waals surface area contributed by atoms with Crippen molar-refractivity contribution in [3.8, 4) is 11.3 Å². The number of nitrogens with one attached hydrogen (secondary N) is 2. The van der Waals surface area contributed by atoms with Crippen LogP contribution in [-0.2, 0) is 6.54 Å². The van der Waals surface area contributed by atoms with Crippen LogP contribution in [0.25, 0.3) is 11.3 Å². The van der Waals surface area contributed by atoms with Crippen LogP contribution >= 0.6 is 0 Å². The largest absolute Gasteiger partial charge is 0.381 e. The van der Waals surface area contributed by atoms with Gasteiger partial charge in [-0.1, -0.05) is 36.4 Å². The van der Waals surface area contributed by atoms with E-state index in [-0.39, 0.29) is 0 Å². The molecule has 1 aromatic heterocycles. The Morgan fingerprint density at radius 1 is 1.05 bits per heavy atom. The Hall–Kier alpha value is -2.55. The first kappa shape index (κ1) is 12.5. The van der Waals surface area contributed by atoms with E-state index in [4.69, 9.17) is 0 Å². The lowest BCUT2D eigenvalue weighted by atomic mass is 10.1. The zero-order valence-corrected chi connectivity index (χ0v) is 11.4. The van der Waals surface area contributed by atoms with E-state index in [9.17, 15) is 0 Å². The van der Waals surface area contributed by atoms with Gasteiger partial charge in [-0.3, -0.25) is 5.10 Å². The molecular formula is C17H17N3. The topological polar surface area (TPSA) is 40.7 Å². The average molecular weight is 263 g/mol. The first-order valence-corrected chi connectivity index (χ1v) is 6.71. The summed E-state index contributed by atoms with van der Waals surface area (Å²) < 4.78 is 0. The molecule has 0 atom stereocenters. The third kappa shape index (κ3) is 2.72. The molecule has 0 aliphatic heterocycles. The standard InChI is InChI=1S/C17H17N3/c1-13-5-2-3-6-15(13)12-18-16-8-4-7-14(11-16)17-9-10-19-20-17/h2-11,18H,12H2,1H3,(H,19,20). The summed E-state index contributed by atoms with van der Waals surface area (Å²) in [7, 11) is 0. The van der Waals surface area contributed by atoms with Crippen LogP contribution in [0.1, 0.15) is 11.1 Å². The van der Waals surface area contributed by atoms with Gasteiger partial charge in [-0.05, 0) is 36.2 Å². The molecule has 2 N–H and O–H groups in total. The van der Waals surface area contributed by atoms with Crippen molar-refractivity contribution in [2.75, 3.05) is 5.32 Å². The normalized spacial score (nSPS) is 10.4. The Labute approximate surface area is 118 Å². The highest BCUT2D eigenvalue weighted by atomic mass is 15.1. The molecule has 0 amide bonds. The second-order valence-corrected chi connectivity index (χ2v) is 4.83. The smallest absolute Gasteiger partial charge is 0.0650 e. The van der Waals surface area contributed by atoms with E-state index in [1.807, 2.05) is 6.07 Å². The van der Waals surface area contributed by atoms with Crippen molar-refractivity contribution < 1.29 is 0 Å². The van der Waals surface area contributed by atoms with E-state index in [1.54, 1.807) is 6.20 Å². The third-order valence-electron chi connectivity index (χ3n) is 3.42. The van der Waals surface area contributed by atoms with Crippen LogP contribution in [-0.4, -0.2) is 10.2 Å². The van der Waals surface area contributed by atoms with Crippen LogP contribution in [0, 0.1) is 6.92 Å². The maximum absolute atomic E-state index is 3.99. The van der Waals surface area contributed by atoms with E-state index in [1.165, 1.54) is 11.1 Å². The molecule has 0 aliphatic carbocycles. The number of hydrogen-bond acceptors (Lipinski definition) is 2. The van der Waals surface area contributed by atoms with Crippen molar-refractivity contribution in [1.82, 2.24) is 10.2 Å². The van der Waals surface area contributed by atoms with Gasteiger partial charge in [0.1, 0.15) is 0 Å². The molecule has 0 aliphatic rings. The SMILES string of the molecule is Cc1ccccc1CNc1cccc(-c2ccn[nH]2)c1. The fraction of sp³-hybridized carbons (Fsp3) is 0.118. The fourth-order valence-electron chi connectivity index (χ4n) is 2.22. The van der Waals surface area contributed by atoms with Gasteiger partial charge in [-0.15, -0.1) is 0 Å². The molecule has 20 heavy (non-hydrogen) atoms. The Morgan fingerprint density at radius 3 is 2.75 bits per heavy atom. The maximum atomic E-state index is 3.99. The molecule has 1 heterocycles. The molecule has 100 valence electrons. The predicted molar refractivity (Wildman–Crippen MR) is 82.5 cm³/mol. The van der Waals surface area contributed by atoms with Gasteiger partial charge in [-0.25, -0.2) is 0 Å². The van der Waals surface area contributed by atoms with E-state index >= 15 is 0 Å². The van der Waals surface area contributed by atoms with Crippen molar-refractivity contribution in [3.05, 3.63) is 71.9 Å². The van der Waals surface area contributed by atoms with Crippen LogP contribution in [0.4, 0.5) is 5.69 Å². The number of anilines is 1. The van der Waals surface area contributed by atoms with Crippen LogP contribution in [0.2, 0.25) is 0 Å². The molecule has 3 heteroatoms. The Balaban J connectivity index is 1.75. The third-order valence-corrected chi connectivity index (χ3v) is 3.42. The lowest BCUT2D eigenvalue weighted by Gasteiger charge is -2.10. The van der Waals surface area contributed by atoms with Crippen molar-refractivity contribution >= 4 is 5.69 Å². The van der Waals surface area contributed by atoms with E-state index in [0.717, 1.165) is 23.5 Å². The minimum absolute atomic E-state index is 0.832. The number of rotatable bonds is 4. The number of benzene rings is 2. The first-order valence-electron chi connectivity index (χ1n) is 6.71. The highest BCUT2D eigenvalue weighted by Gasteiger charge is 2.01. The fourth-order valence-corrected chi connectivity index (χ4v) is 2.22. The van der Waals surface area contributed by atoms with Gasteiger partial charge >= 0.3 is 0 Å². The highest BCUT2D eigenvalue weighted by Crippen LogP contribution is 2.21. The maximum Gasteiger partial charge on any atom is 0.0650 e. The minimum Gasteiger partial charge on any atom is -0.381 e. The van der Waals surface area contributed by atoms with Crippen LogP contribution in [0.15, 0.2) is 60.8 Å². The zero-order valence-electron chi connectivity index (χ0n) is 11.4. The lowest BCUT2D eigenvalue weighted by molar-refractivity contribution is 1.09. The molecule has 0 radical (unpaired) electrons. The van der Waals surface area contributed by atoms with Crippen LogP contribution < -0.4 is 5.32 Å². The van der Waals surface area contributed by atoms with Gasteiger partial charge in [0, 0.05) is 24.0 Å². The van der Waals surface area contributed by atoms with Crippen molar-refractivity contribution in [3.63, 3.8) is 0 Å². The number of aromatic nitrogens is 2. The molecule has 3 nitrogen and oxygen atoms in total. The van der Waals surface area contributed by atoms with E-state index in [0.29, 0.717) is 0 Å². The van der Waals surface area contributed by atoms with Crippen molar-refractivity contribution in [2.45, 2.75) is 13.5 Å². The quantitative estimate of drug-likeness (QED) is 0.747. The summed E-state index contributed by atoms with van der Waals surface area (Å²) >= 11 is 0. The molecule has 0 saturated carbocycles. The minimum atomic E-state index is 0.832. The summed E-state index contributed by atoms with van der Waals surface area (Å²) in [6, 6.07) is 18.7. The summed E-state index contributed by atoms with van der Waals surface area (Å²) in [6.45, 7) is 2.97. The van der Waals surface area contributed by atoms with Gasteiger partial charge in [0.15, 0.2) is 0 Å². The van der Waals surface area contributed by atoms with Crippen LogP contribution in [0.3, 0.4) is 0 Å². The zero-order chi connectivity index (χ0) is 13.8. The van der Waals surface area contributed by atoms with Gasteiger partial charge in [0.05, 0.1) is 5.69 Å². The Morgan fingerprint density at radius 2 is 1.95 bits per heavy atom. The van der Waals surface area contributed by atoms with E-state index < -0.39 is 0 Å². The summed E-state index contributed by atoms with van der Waals surface area (Å²) in [4.78, 5) is 0. The average Bonchev–Trinajstić information content (AvgIpc) is 3.01. The molecule has 2 aromatic carbocycles. The molecule has 3 aromatic rings. The number of H-pyrrole nitrogens is 1. The van der Waals surface area contributed by atoms with Gasteiger partial charge in [0.2, 0.25) is 0 Å². The Kier molecular flexibility index (Phi) is 3.50. The second kappa shape index (κ2) is 5.61. The molecule has 0 spiro atoms. The van der Waals surface area contributed by atoms with Gasteiger partial charge < -0.3 is 5.32 Å². The number of hydrogen-bond donors (Lipinski definition) is 2. The summed E-state index contributed by atoms with van der Waals surface area (Å²) in [5.74, 6) is 0. The lowest BCUT2D eigenvalue weighted by Crippen LogP contribution is -2.01. The highest BCUT2D eigenvalue weighted by molar-refractivity contribution is 5.64. The van der Waals surface area contributed by atoms with Crippen molar-refractivity contribution in [2.24, 2.45) is 0 Å². The van der Waals surface area contributed by atoms with Crippen LogP contribution in [0.5, 0.6) is 0 Å². The first-order chi connectivity index (χ1) is 9.83. The van der Waals surface area contributed by atoms with E-state index in [2.05, 4.69) is 71.0 Å². The molecule has 3 rings (SSSR count). The number of aryl methyl sites for hydroxylation is 1. The van der Waals surface area contributed by atoms with Crippen molar-refractivity contribution in [1.29, 1.82) is 0 Å². The molecule has 0 bridgehead atoms. The number of nitrogens with zero attached hydrogens (tertiary/aromatic N) is 1. The second-order valence-electron chi connectivity index (χ2n) is 4.83. The van der Waals surface area contributed by atoms with Gasteiger partial charge in [0.25, 0.3) is 0 Å². The monoisotopic (exact) mass is 263 g/mol. The summed E-state index contributed by atoms with van der Waals surface area (Å²) in [5, 5.41) is 10.4. The predicted octanol–water partition coefficient (Wildman–Crippen LogP) is 4.00. The summed E-state index contributed by atoms with van der Waals surface area (Å²) in [6.07, 6.45) is 1.77. The summed E-state index contributed by atoms with van der Waals surface area (Å²) in [5.41, 5.74) is 5.91. The number of aromatic amines is 1.